The number of fused-ring (bicyclic) bond motifs is 2. The summed E-state index contributed by atoms with van der Waals surface area (Å²) >= 11 is 7.74. The Bertz CT molecular complexity index is 1290. The molecule has 0 saturated carbocycles. The lowest BCUT2D eigenvalue weighted by molar-refractivity contribution is -0.384. The molecule has 0 aliphatic heterocycles. The Labute approximate surface area is 165 Å². The standard InChI is InChI=1S/C18H11ClN2O6S/c19-17-11-3-1-2-4-14(11)28-15(17)9-26-16(22)8-20-12-6-5-10(21(24)25)7-13(12)27-18(20)23/h1-7H,8-9H2. The highest BCUT2D eigenvalue weighted by atomic mass is 35.5. The lowest BCUT2D eigenvalue weighted by Crippen LogP contribution is -2.21. The van der Waals surface area contributed by atoms with Crippen molar-refractivity contribution >= 4 is 55.8 Å². The van der Waals surface area contributed by atoms with Crippen molar-refractivity contribution in [2.24, 2.45) is 0 Å². The van der Waals surface area contributed by atoms with Crippen LogP contribution in [0.2, 0.25) is 5.02 Å². The number of carbonyl (C=O) groups is 1. The van der Waals surface area contributed by atoms with Gasteiger partial charge in [-0.25, -0.2) is 4.79 Å². The summed E-state index contributed by atoms with van der Waals surface area (Å²) in [6.45, 7) is -0.404. The van der Waals surface area contributed by atoms with Crippen molar-refractivity contribution in [1.82, 2.24) is 4.57 Å². The third kappa shape index (κ3) is 3.25. The van der Waals surface area contributed by atoms with Crippen LogP contribution in [-0.2, 0) is 22.7 Å². The molecule has 0 spiro atoms. The van der Waals surface area contributed by atoms with Gasteiger partial charge in [-0.15, -0.1) is 11.3 Å². The van der Waals surface area contributed by atoms with Gasteiger partial charge in [0.2, 0.25) is 0 Å². The molecular weight excluding hydrogens is 408 g/mol. The second-order valence-electron chi connectivity index (χ2n) is 5.86. The first kappa shape index (κ1) is 18.2. The summed E-state index contributed by atoms with van der Waals surface area (Å²) in [7, 11) is 0. The van der Waals surface area contributed by atoms with Crippen molar-refractivity contribution in [2.45, 2.75) is 13.2 Å². The molecule has 0 unspecified atom stereocenters. The minimum atomic E-state index is -0.799. The molecule has 4 aromatic rings. The molecule has 8 nitrogen and oxygen atoms in total. The normalized spacial score (nSPS) is 11.2. The molecule has 0 bridgehead atoms. The van der Waals surface area contributed by atoms with Gasteiger partial charge in [0, 0.05) is 16.2 Å². The van der Waals surface area contributed by atoms with Gasteiger partial charge in [0.25, 0.3) is 5.69 Å². The first-order chi connectivity index (χ1) is 13.4. The second-order valence-corrected chi connectivity index (χ2v) is 7.37. The minimum Gasteiger partial charge on any atom is -0.459 e. The van der Waals surface area contributed by atoms with Gasteiger partial charge in [-0.3, -0.25) is 19.5 Å². The first-order valence-corrected chi connectivity index (χ1v) is 9.23. The molecule has 0 atom stereocenters. The zero-order valence-corrected chi connectivity index (χ0v) is 15.7. The molecule has 142 valence electrons. The number of benzene rings is 2. The molecule has 4 rings (SSSR count). The highest BCUT2D eigenvalue weighted by Gasteiger charge is 2.18. The molecule has 0 N–H and O–H groups in total. The topological polar surface area (TPSA) is 105 Å². The fourth-order valence-electron chi connectivity index (χ4n) is 2.80. The Morgan fingerprint density at radius 1 is 1.29 bits per heavy atom. The van der Waals surface area contributed by atoms with Crippen LogP contribution >= 0.6 is 22.9 Å². The summed E-state index contributed by atoms with van der Waals surface area (Å²) in [6.07, 6.45) is 0. The number of nitrogens with zero attached hydrogens (tertiary/aromatic N) is 2. The number of halogens is 1. The summed E-state index contributed by atoms with van der Waals surface area (Å²) in [5.74, 6) is -1.45. The Hall–Kier alpha value is -3.17. The summed E-state index contributed by atoms with van der Waals surface area (Å²) < 4.78 is 12.3. The molecule has 0 aliphatic carbocycles. The van der Waals surface area contributed by atoms with E-state index in [2.05, 4.69) is 0 Å². The number of hydrogen-bond donors (Lipinski definition) is 0. The Morgan fingerprint density at radius 2 is 2.07 bits per heavy atom. The molecule has 2 heterocycles. The van der Waals surface area contributed by atoms with Gasteiger partial charge in [0.05, 0.1) is 26.4 Å². The summed E-state index contributed by atoms with van der Waals surface area (Å²) in [6, 6.07) is 11.3. The van der Waals surface area contributed by atoms with Crippen LogP contribution < -0.4 is 5.76 Å². The molecule has 28 heavy (non-hydrogen) atoms. The number of hydrogen-bond acceptors (Lipinski definition) is 7. The van der Waals surface area contributed by atoms with E-state index in [0.717, 1.165) is 20.7 Å². The van der Waals surface area contributed by atoms with Crippen molar-refractivity contribution in [3.8, 4) is 0 Å². The quantitative estimate of drug-likeness (QED) is 0.274. The lowest BCUT2D eigenvalue weighted by Gasteiger charge is -2.04. The van der Waals surface area contributed by atoms with E-state index < -0.39 is 16.6 Å². The van der Waals surface area contributed by atoms with E-state index in [-0.39, 0.29) is 29.9 Å². The average Bonchev–Trinajstić information content (AvgIpc) is 3.16. The molecule has 0 saturated heterocycles. The van der Waals surface area contributed by atoms with Gasteiger partial charge >= 0.3 is 11.7 Å². The van der Waals surface area contributed by atoms with Gasteiger partial charge in [-0.05, 0) is 12.1 Å². The Morgan fingerprint density at radius 3 is 2.82 bits per heavy atom. The van der Waals surface area contributed by atoms with Crippen LogP contribution in [0.5, 0.6) is 0 Å². The molecular formula is C18H11ClN2O6S. The maximum absolute atomic E-state index is 12.2. The van der Waals surface area contributed by atoms with Crippen LogP contribution in [0, 0.1) is 10.1 Å². The third-order valence-electron chi connectivity index (χ3n) is 4.12. The molecule has 10 heteroatoms. The van der Waals surface area contributed by atoms with Crippen molar-refractivity contribution in [1.29, 1.82) is 0 Å². The third-order valence-corrected chi connectivity index (χ3v) is 5.80. The molecule has 0 fully saturated rings. The van der Waals surface area contributed by atoms with Gasteiger partial charge in [-0.1, -0.05) is 29.8 Å². The summed E-state index contributed by atoms with van der Waals surface area (Å²) in [5, 5.41) is 12.2. The number of ether oxygens (including phenoxy) is 1. The second kappa shape index (κ2) is 7.10. The van der Waals surface area contributed by atoms with Crippen molar-refractivity contribution < 1.29 is 18.9 Å². The zero-order valence-electron chi connectivity index (χ0n) is 14.1. The Kier molecular flexibility index (Phi) is 4.62. The number of aromatic nitrogens is 1. The molecule has 0 amide bonds. The molecule has 0 radical (unpaired) electrons. The predicted octanol–water partition coefficient (Wildman–Crippen LogP) is 4.11. The van der Waals surface area contributed by atoms with E-state index in [1.165, 1.54) is 23.5 Å². The number of esters is 1. The highest BCUT2D eigenvalue weighted by Crippen LogP contribution is 2.35. The van der Waals surface area contributed by atoms with Crippen LogP contribution in [-0.4, -0.2) is 15.5 Å². The molecule has 2 aromatic carbocycles. The van der Waals surface area contributed by atoms with E-state index in [1.807, 2.05) is 24.3 Å². The maximum Gasteiger partial charge on any atom is 0.420 e. The van der Waals surface area contributed by atoms with Crippen molar-refractivity contribution in [3.05, 3.63) is 73.0 Å². The molecule has 0 aliphatic rings. The van der Waals surface area contributed by atoms with Crippen LogP contribution in [0.3, 0.4) is 0 Å². The minimum absolute atomic E-state index is 0.0208. The Balaban J connectivity index is 1.52. The smallest absolute Gasteiger partial charge is 0.420 e. The van der Waals surface area contributed by atoms with Gasteiger partial charge in [0.1, 0.15) is 13.2 Å². The fraction of sp³-hybridized carbons (Fsp3) is 0.111. The van der Waals surface area contributed by atoms with Crippen LogP contribution in [0.15, 0.2) is 51.7 Å². The number of nitro benzene ring substituents is 1. The van der Waals surface area contributed by atoms with Crippen LogP contribution in [0.4, 0.5) is 5.69 Å². The number of carbonyl (C=O) groups excluding carboxylic acids is 1. The van der Waals surface area contributed by atoms with Crippen LogP contribution in [0.1, 0.15) is 4.88 Å². The number of rotatable bonds is 5. The van der Waals surface area contributed by atoms with E-state index in [4.69, 9.17) is 20.8 Å². The predicted molar refractivity (Wildman–Crippen MR) is 104 cm³/mol. The largest absolute Gasteiger partial charge is 0.459 e. The van der Waals surface area contributed by atoms with E-state index in [1.54, 1.807) is 0 Å². The van der Waals surface area contributed by atoms with E-state index >= 15 is 0 Å². The number of oxazole rings is 1. The van der Waals surface area contributed by atoms with Crippen molar-refractivity contribution in [3.63, 3.8) is 0 Å². The average molecular weight is 419 g/mol. The highest BCUT2D eigenvalue weighted by molar-refractivity contribution is 7.19. The molecule has 2 aromatic heterocycles. The van der Waals surface area contributed by atoms with Crippen molar-refractivity contribution in [2.75, 3.05) is 0 Å². The summed E-state index contributed by atoms with van der Waals surface area (Å²) in [4.78, 5) is 35.1. The number of non-ortho nitro benzene ring substituents is 1. The fourth-order valence-corrected chi connectivity index (χ4v) is 4.20. The number of nitro groups is 1. The van der Waals surface area contributed by atoms with Gasteiger partial charge in [0.15, 0.2) is 5.58 Å². The monoisotopic (exact) mass is 418 g/mol. The maximum atomic E-state index is 12.2. The SMILES string of the molecule is O=C(Cn1c(=O)oc2cc([N+](=O)[O-])ccc21)OCc1sc2ccccc2c1Cl. The lowest BCUT2D eigenvalue weighted by atomic mass is 10.2. The zero-order chi connectivity index (χ0) is 19.8. The van der Waals surface area contributed by atoms with Crippen LogP contribution in [0.25, 0.3) is 21.2 Å². The van der Waals surface area contributed by atoms with E-state index in [0.29, 0.717) is 9.90 Å². The van der Waals surface area contributed by atoms with Gasteiger partial charge in [-0.2, -0.15) is 0 Å². The summed E-state index contributed by atoms with van der Waals surface area (Å²) in [5.41, 5.74) is 0.0855. The van der Waals surface area contributed by atoms with Gasteiger partial charge < -0.3 is 9.15 Å². The van der Waals surface area contributed by atoms with E-state index in [9.17, 15) is 19.7 Å². The number of thiophene rings is 1. The first-order valence-electron chi connectivity index (χ1n) is 8.03.